The van der Waals surface area contributed by atoms with Crippen molar-refractivity contribution < 1.29 is 4.79 Å². The van der Waals surface area contributed by atoms with Crippen molar-refractivity contribution in [2.75, 3.05) is 0 Å². The Morgan fingerprint density at radius 1 is 1.67 bits per heavy atom. The summed E-state index contributed by atoms with van der Waals surface area (Å²) in [7, 11) is 0. The van der Waals surface area contributed by atoms with Crippen molar-refractivity contribution in [2.45, 2.75) is 19.4 Å². The van der Waals surface area contributed by atoms with Crippen LogP contribution in [0, 0.1) is 0 Å². The summed E-state index contributed by atoms with van der Waals surface area (Å²) in [5.41, 5.74) is 6.96. The van der Waals surface area contributed by atoms with E-state index in [2.05, 4.69) is 4.98 Å². The van der Waals surface area contributed by atoms with E-state index in [1.54, 1.807) is 12.1 Å². The highest BCUT2D eigenvalue weighted by atomic mass is 16.1. The zero-order valence-corrected chi connectivity index (χ0v) is 7.03. The second-order valence-corrected chi connectivity index (χ2v) is 2.62. The first-order chi connectivity index (χ1) is 5.77. The third-order valence-corrected chi connectivity index (χ3v) is 1.73. The van der Waals surface area contributed by atoms with Crippen molar-refractivity contribution in [3.05, 3.63) is 29.6 Å². The van der Waals surface area contributed by atoms with Gasteiger partial charge in [0.05, 0.1) is 5.69 Å². The van der Waals surface area contributed by atoms with Crippen LogP contribution in [-0.2, 0) is 0 Å². The van der Waals surface area contributed by atoms with Crippen LogP contribution >= 0.6 is 0 Å². The molecule has 0 aliphatic carbocycles. The molecule has 0 fully saturated rings. The van der Waals surface area contributed by atoms with Gasteiger partial charge in [-0.05, 0) is 18.6 Å². The fraction of sp³-hybridized carbons (Fsp3) is 0.333. The Balaban J connectivity index is 2.93. The van der Waals surface area contributed by atoms with Crippen molar-refractivity contribution in [1.82, 2.24) is 4.98 Å². The predicted molar refractivity (Wildman–Crippen MR) is 46.8 cm³/mol. The zero-order valence-electron chi connectivity index (χ0n) is 7.03. The Hall–Kier alpha value is -1.22. The van der Waals surface area contributed by atoms with Crippen molar-refractivity contribution in [3.8, 4) is 0 Å². The summed E-state index contributed by atoms with van der Waals surface area (Å²) >= 11 is 0. The summed E-state index contributed by atoms with van der Waals surface area (Å²) in [6.45, 7) is 1.99. The number of hydrogen-bond acceptors (Lipinski definition) is 3. The summed E-state index contributed by atoms with van der Waals surface area (Å²) in [6.07, 6.45) is 1.56. The molecule has 0 saturated carbocycles. The van der Waals surface area contributed by atoms with Crippen LogP contribution in [0.3, 0.4) is 0 Å². The average Bonchev–Trinajstić information content (AvgIpc) is 2.17. The fourth-order valence-corrected chi connectivity index (χ4v) is 0.950. The van der Waals surface area contributed by atoms with Crippen LogP contribution in [0.4, 0.5) is 0 Å². The molecular weight excluding hydrogens is 152 g/mol. The van der Waals surface area contributed by atoms with Crippen LogP contribution < -0.4 is 5.73 Å². The maximum Gasteiger partial charge on any atom is 0.168 e. The molecule has 0 bridgehead atoms. The molecule has 64 valence electrons. The topological polar surface area (TPSA) is 56.0 Å². The van der Waals surface area contributed by atoms with E-state index in [4.69, 9.17) is 5.73 Å². The van der Waals surface area contributed by atoms with E-state index in [9.17, 15) is 4.79 Å². The highest BCUT2D eigenvalue weighted by Crippen LogP contribution is 2.10. The molecule has 1 aromatic heterocycles. The summed E-state index contributed by atoms with van der Waals surface area (Å²) in [4.78, 5) is 14.4. The van der Waals surface area contributed by atoms with E-state index in [0.29, 0.717) is 5.69 Å². The van der Waals surface area contributed by atoms with Crippen LogP contribution in [0.5, 0.6) is 0 Å². The molecule has 0 aromatic carbocycles. The molecule has 3 heteroatoms. The molecule has 1 rings (SSSR count). The molecule has 0 aliphatic rings. The molecule has 0 amide bonds. The Kier molecular flexibility index (Phi) is 2.94. The molecule has 3 nitrogen and oxygen atoms in total. The second-order valence-electron chi connectivity index (χ2n) is 2.62. The molecular formula is C9H12N2O. The summed E-state index contributed by atoms with van der Waals surface area (Å²) in [6, 6.07) is 5.23. The van der Waals surface area contributed by atoms with Gasteiger partial charge in [-0.1, -0.05) is 13.0 Å². The Morgan fingerprint density at radius 2 is 2.42 bits per heavy atom. The summed E-state index contributed by atoms with van der Waals surface area (Å²) < 4.78 is 0. The van der Waals surface area contributed by atoms with Gasteiger partial charge in [0.2, 0.25) is 0 Å². The van der Waals surface area contributed by atoms with E-state index in [-0.39, 0.29) is 6.04 Å². The number of rotatable bonds is 3. The van der Waals surface area contributed by atoms with Gasteiger partial charge in [-0.3, -0.25) is 4.79 Å². The van der Waals surface area contributed by atoms with Crippen LogP contribution in [-0.4, -0.2) is 11.3 Å². The lowest BCUT2D eigenvalue weighted by atomic mass is 10.1. The van der Waals surface area contributed by atoms with E-state index in [1.165, 1.54) is 0 Å². The van der Waals surface area contributed by atoms with Gasteiger partial charge in [0.15, 0.2) is 6.29 Å². The van der Waals surface area contributed by atoms with Crippen molar-refractivity contribution >= 4 is 6.29 Å². The number of carbonyl (C=O) groups is 1. The van der Waals surface area contributed by atoms with Gasteiger partial charge in [-0.15, -0.1) is 0 Å². The number of aromatic nitrogens is 1. The monoisotopic (exact) mass is 164 g/mol. The number of nitrogens with zero attached hydrogens (tertiary/aromatic N) is 1. The first-order valence-corrected chi connectivity index (χ1v) is 3.95. The van der Waals surface area contributed by atoms with Crippen molar-refractivity contribution in [1.29, 1.82) is 0 Å². The quantitative estimate of drug-likeness (QED) is 0.685. The zero-order chi connectivity index (χ0) is 8.97. The van der Waals surface area contributed by atoms with E-state index >= 15 is 0 Å². The molecule has 2 N–H and O–H groups in total. The molecule has 1 aromatic rings. The normalized spacial score (nSPS) is 12.5. The summed E-state index contributed by atoms with van der Waals surface area (Å²) in [5, 5.41) is 0. The molecule has 0 radical (unpaired) electrons. The summed E-state index contributed by atoms with van der Waals surface area (Å²) in [5.74, 6) is 0. The van der Waals surface area contributed by atoms with Gasteiger partial charge in [-0.2, -0.15) is 0 Å². The predicted octanol–water partition coefficient (Wildman–Crippen LogP) is 1.30. The molecule has 0 spiro atoms. The first kappa shape index (κ1) is 8.87. The van der Waals surface area contributed by atoms with Gasteiger partial charge in [0, 0.05) is 6.04 Å². The molecule has 0 saturated heterocycles. The molecule has 1 heterocycles. The van der Waals surface area contributed by atoms with Gasteiger partial charge < -0.3 is 5.73 Å². The highest BCUT2D eigenvalue weighted by Gasteiger charge is 2.04. The smallest absolute Gasteiger partial charge is 0.168 e. The average molecular weight is 164 g/mol. The fourth-order valence-electron chi connectivity index (χ4n) is 0.950. The third kappa shape index (κ3) is 1.89. The Labute approximate surface area is 71.6 Å². The Bertz CT molecular complexity index is 273. The van der Waals surface area contributed by atoms with Crippen LogP contribution in [0.25, 0.3) is 0 Å². The van der Waals surface area contributed by atoms with Crippen LogP contribution in [0.2, 0.25) is 0 Å². The maximum atomic E-state index is 10.4. The largest absolute Gasteiger partial charge is 0.323 e. The number of carbonyl (C=O) groups excluding carboxylic acids is 1. The van der Waals surface area contributed by atoms with Gasteiger partial charge >= 0.3 is 0 Å². The number of pyridine rings is 1. The van der Waals surface area contributed by atoms with Crippen molar-refractivity contribution in [3.63, 3.8) is 0 Å². The Morgan fingerprint density at radius 3 is 3.00 bits per heavy atom. The molecule has 1 atom stereocenters. The van der Waals surface area contributed by atoms with Gasteiger partial charge in [0.1, 0.15) is 5.69 Å². The minimum atomic E-state index is -0.0649. The minimum Gasteiger partial charge on any atom is -0.323 e. The first-order valence-electron chi connectivity index (χ1n) is 3.95. The lowest BCUT2D eigenvalue weighted by Crippen LogP contribution is -2.11. The van der Waals surface area contributed by atoms with Crippen molar-refractivity contribution in [2.24, 2.45) is 5.73 Å². The van der Waals surface area contributed by atoms with Gasteiger partial charge in [-0.25, -0.2) is 4.98 Å². The third-order valence-electron chi connectivity index (χ3n) is 1.73. The highest BCUT2D eigenvalue weighted by molar-refractivity contribution is 5.71. The maximum absolute atomic E-state index is 10.4. The molecule has 0 aliphatic heterocycles. The van der Waals surface area contributed by atoms with Gasteiger partial charge in [0.25, 0.3) is 0 Å². The SMILES string of the molecule is CCC(N)c1cccc(C=O)n1. The van der Waals surface area contributed by atoms with Crippen LogP contribution in [0.15, 0.2) is 18.2 Å². The lowest BCUT2D eigenvalue weighted by Gasteiger charge is -2.07. The molecule has 12 heavy (non-hydrogen) atoms. The van der Waals surface area contributed by atoms with E-state index < -0.39 is 0 Å². The minimum absolute atomic E-state index is 0.0649. The lowest BCUT2D eigenvalue weighted by molar-refractivity contribution is 0.111. The number of aldehydes is 1. The van der Waals surface area contributed by atoms with Crippen LogP contribution in [0.1, 0.15) is 35.6 Å². The standard InChI is InChI=1S/C9H12N2O/c1-2-8(10)9-5-3-4-7(6-12)11-9/h3-6,8H,2,10H2,1H3. The van der Waals surface area contributed by atoms with E-state index in [1.807, 2.05) is 13.0 Å². The number of nitrogens with two attached hydrogens (primary N) is 1. The second kappa shape index (κ2) is 3.97. The van der Waals surface area contributed by atoms with E-state index in [0.717, 1.165) is 18.4 Å². The number of hydrogen-bond donors (Lipinski definition) is 1. The molecule has 1 unspecified atom stereocenters.